The number of aliphatic hydroxyl groups excluding tert-OH is 1. The van der Waals surface area contributed by atoms with Gasteiger partial charge in [0.05, 0.1) is 13.1 Å². The molecule has 2 amide bonds. The van der Waals surface area contributed by atoms with Crippen LogP contribution in [0.2, 0.25) is 0 Å². The molecular formula is C6H10F2N2O4. The van der Waals surface area contributed by atoms with Crippen molar-refractivity contribution in [1.29, 1.82) is 0 Å². The molecule has 0 aromatic carbocycles. The molecule has 82 valence electrons. The second-order valence-electron chi connectivity index (χ2n) is 2.34. The minimum absolute atomic E-state index is 0.537. The molecule has 4 N–H and O–H groups in total. The van der Waals surface area contributed by atoms with Crippen LogP contribution in [0.3, 0.4) is 0 Å². The summed E-state index contributed by atoms with van der Waals surface area (Å²) >= 11 is 0. The van der Waals surface area contributed by atoms with E-state index in [0.29, 0.717) is 0 Å². The van der Waals surface area contributed by atoms with E-state index in [-0.39, 0.29) is 0 Å². The van der Waals surface area contributed by atoms with Crippen LogP contribution in [0, 0.1) is 0 Å². The first kappa shape index (κ1) is 12.6. The van der Waals surface area contributed by atoms with Crippen LogP contribution < -0.4 is 10.6 Å². The van der Waals surface area contributed by atoms with Crippen molar-refractivity contribution < 1.29 is 28.6 Å². The highest BCUT2D eigenvalue weighted by Gasteiger charge is 2.14. The molecule has 0 aromatic heterocycles. The Labute approximate surface area is 77.9 Å². The van der Waals surface area contributed by atoms with E-state index >= 15 is 0 Å². The largest absolute Gasteiger partial charge is 0.479 e. The summed E-state index contributed by atoms with van der Waals surface area (Å²) in [5.41, 5.74) is 0. The maximum atomic E-state index is 11.5. The fourth-order valence-electron chi connectivity index (χ4n) is 0.509. The Morgan fingerprint density at radius 2 is 1.71 bits per heavy atom. The van der Waals surface area contributed by atoms with Gasteiger partial charge in [-0.25, -0.2) is 18.4 Å². The number of nitrogens with one attached hydrogen (secondary N) is 2. The van der Waals surface area contributed by atoms with Crippen molar-refractivity contribution in [2.24, 2.45) is 0 Å². The Hall–Kier alpha value is -1.44. The molecule has 0 aliphatic rings. The number of halogens is 2. The van der Waals surface area contributed by atoms with Gasteiger partial charge in [0, 0.05) is 0 Å². The second-order valence-corrected chi connectivity index (χ2v) is 2.34. The van der Waals surface area contributed by atoms with E-state index in [9.17, 15) is 18.4 Å². The van der Waals surface area contributed by atoms with Gasteiger partial charge in [-0.1, -0.05) is 0 Å². The number of amides is 2. The summed E-state index contributed by atoms with van der Waals surface area (Å²) in [6.07, 6.45) is -4.42. The predicted octanol–water partition coefficient (Wildman–Crippen LogP) is -1.00. The Balaban J connectivity index is 3.59. The normalized spacial score (nSPS) is 12.3. The number of carbonyl (C=O) groups is 2. The predicted molar refractivity (Wildman–Crippen MR) is 41.0 cm³/mol. The van der Waals surface area contributed by atoms with Gasteiger partial charge in [0.15, 0.2) is 6.10 Å². The van der Waals surface area contributed by atoms with Crippen molar-refractivity contribution in [2.75, 3.05) is 13.1 Å². The first-order valence-corrected chi connectivity index (χ1v) is 3.64. The Bertz CT molecular complexity index is 212. The number of carboxylic acid groups (broad SMARTS) is 1. The third-order valence-corrected chi connectivity index (χ3v) is 1.16. The maximum Gasteiger partial charge on any atom is 0.334 e. The smallest absolute Gasteiger partial charge is 0.334 e. The van der Waals surface area contributed by atoms with Gasteiger partial charge in [0.2, 0.25) is 0 Å². The van der Waals surface area contributed by atoms with Crippen molar-refractivity contribution in [1.82, 2.24) is 10.6 Å². The van der Waals surface area contributed by atoms with Crippen molar-refractivity contribution in [2.45, 2.75) is 12.5 Å². The summed E-state index contributed by atoms with van der Waals surface area (Å²) in [6.45, 7) is -1.36. The zero-order chi connectivity index (χ0) is 11.1. The number of rotatable bonds is 5. The molecule has 0 radical (unpaired) electrons. The van der Waals surface area contributed by atoms with Crippen LogP contribution in [-0.2, 0) is 4.79 Å². The van der Waals surface area contributed by atoms with Crippen molar-refractivity contribution in [3.8, 4) is 0 Å². The average Bonchev–Trinajstić information content (AvgIpc) is 2.10. The fraction of sp³-hybridized carbons (Fsp3) is 0.667. The van der Waals surface area contributed by atoms with E-state index in [4.69, 9.17) is 10.2 Å². The number of hydrogen-bond acceptors (Lipinski definition) is 3. The highest BCUT2D eigenvalue weighted by atomic mass is 19.3. The van der Waals surface area contributed by atoms with Crippen LogP contribution in [0.15, 0.2) is 0 Å². The van der Waals surface area contributed by atoms with Gasteiger partial charge < -0.3 is 20.8 Å². The number of aliphatic hydroxyl groups is 1. The SMILES string of the molecule is O=C(NCC(F)F)NCC(O)C(=O)O. The molecule has 0 bridgehead atoms. The maximum absolute atomic E-state index is 11.5. The Morgan fingerprint density at radius 1 is 1.21 bits per heavy atom. The molecule has 1 unspecified atom stereocenters. The van der Waals surface area contributed by atoms with Gasteiger partial charge >= 0.3 is 12.0 Å². The van der Waals surface area contributed by atoms with Gasteiger partial charge in [-0.2, -0.15) is 0 Å². The van der Waals surface area contributed by atoms with E-state index < -0.39 is 37.6 Å². The minimum Gasteiger partial charge on any atom is -0.479 e. The molecular weight excluding hydrogens is 202 g/mol. The number of alkyl halides is 2. The van der Waals surface area contributed by atoms with Gasteiger partial charge in [0.1, 0.15) is 0 Å². The number of aliphatic carboxylic acids is 1. The van der Waals surface area contributed by atoms with Crippen molar-refractivity contribution in [3.05, 3.63) is 0 Å². The summed E-state index contributed by atoms with van der Waals surface area (Å²) in [5.74, 6) is -1.50. The standard InChI is InChI=1S/C6H10F2N2O4/c7-4(8)2-10-6(14)9-1-3(11)5(12)13/h3-4,11H,1-2H2,(H,12,13)(H2,9,10,14). The van der Waals surface area contributed by atoms with E-state index in [1.165, 1.54) is 0 Å². The van der Waals surface area contributed by atoms with Gasteiger partial charge in [0.25, 0.3) is 6.43 Å². The molecule has 0 rings (SSSR count). The third-order valence-electron chi connectivity index (χ3n) is 1.16. The monoisotopic (exact) mass is 212 g/mol. The van der Waals surface area contributed by atoms with Crippen LogP contribution in [0.25, 0.3) is 0 Å². The lowest BCUT2D eigenvalue weighted by Crippen LogP contribution is -2.43. The highest BCUT2D eigenvalue weighted by molar-refractivity contribution is 5.76. The van der Waals surface area contributed by atoms with Crippen LogP contribution in [0.1, 0.15) is 0 Å². The summed E-state index contributed by atoms with van der Waals surface area (Å²) in [7, 11) is 0. The molecule has 0 fully saturated rings. The van der Waals surface area contributed by atoms with Crippen LogP contribution >= 0.6 is 0 Å². The molecule has 6 nitrogen and oxygen atoms in total. The average molecular weight is 212 g/mol. The Kier molecular flexibility index (Phi) is 5.46. The van der Waals surface area contributed by atoms with Gasteiger partial charge in [-0.15, -0.1) is 0 Å². The lowest BCUT2D eigenvalue weighted by molar-refractivity contribution is -0.146. The first-order chi connectivity index (χ1) is 6.43. The lowest BCUT2D eigenvalue weighted by atomic mass is 10.4. The molecule has 0 spiro atoms. The topological polar surface area (TPSA) is 98.7 Å². The fourth-order valence-corrected chi connectivity index (χ4v) is 0.509. The molecule has 0 saturated heterocycles. The molecule has 0 aliphatic carbocycles. The third kappa shape index (κ3) is 6.12. The quantitative estimate of drug-likeness (QED) is 0.469. The molecule has 0 heterocycles. The molecule has 14 heavy (non-hydrogen) atoms. The number of carbonyl (C=O) groups excluding carboxylic acids is 1. The van der Waals surface area contributed by atoms with E-state index in [1.807, 2.05) is 5.32 Å². The van der Waals surface area contributed by atoms with Crippen LogP contribution in [-0.4, -0.2) is 47.8 Å². The number of carboxylic acids is 1. The summed E-state index contributed by atoms with van der Waals surface area (Å²) in [6, 6.07) is -0.953. The number of urea groups is 1. The zero-order valence-corrected chi connectivity index (χ0v) is 7.04. The van der Waals surface area contributed by atoms with E-state index in [1.54, 1.807) is 5.32 Å². The molecule has 0 aromatic rings. The minimum atomic E-state index is -2.68. The molecule has 8 heteroatoms. The molecule has 1 atom stereocenters. The summed E-state index contributed by atoms with van der Waals surface area (Å²) in [5, 5.41) is 20.5. The van der Waals surface area contributed by atoms with Gasteiger partial charge in [-0.05, 0) is 0 Å². The van der Waals surface area contributed by atoms with Crippen LogP contribution in [0.5, 0.6) is 0 Å². The molecule has 0 saturated carbocycles. The lowest BCUT2D eigenvalue weighted by Gasteiger charge is -2.08. The van der Waals surface area contributed by atoms with Crippen LogP contribution in [0.4, 0.5) is 13.6 Å². The zero-order valence-electron chi connectivity index (χ0n) is 7.04. The van der Waals surface area contributed by atoms with Crippen molar-refractivity contribution in [3.63, 3.8) is 0 Å². The Morgan fingerprint density at radius 3 is 2.14 bits per heavy atom. The first-order valence-electron chi connectivity index (χ1n) is 3.64. The second kappa shape index (κ2) is 6.08. The summed E-state index contributed by atoms with van der Waals surface area (Å²) in [4.78, 5) is 20.7. The summed E-state index contributed by atoms with van der Waals surface area (Å²) < 4.78 is 23.1. The van der Waals surface area contributed by atoms with E-state index in [0.717, 1.165) is 0 Å². The van der Waals surface area contributed by atoms with Crippen molar-refractivity contribution >= 4 is 12.0 Å². The number of hydrogen-bond donors (Lipinski definition) is 4. The van der Waals surface area contributed by atoms with Gasteiger partial charge in [-0.3, -0.25) is 0 Å². The molecule has 0 aliphatic heterocycles. The van der Waals surface area contributed by atoms with E-state index in [2.05, 4.69) is 0 Å². The highest BCUT2D eigenvalue weighted by Crippen LogP contribution is 1.87.